The van der Waals surface area contributed by atoms with Crippen molar-refractivity contribution in [2.24, 2.45) is 0 Å². The van der Waals surface area contributed by atoms with E-state index in [1.54, 1.807) is 6.07 Å². The summed E-state index contributed by atoms with van der Waals surface area (Å²) in [6.45, 7) is 4.26. The summed E-state index contributed by atoms with van der Waals surface area (Å²) < 4.78 is 90.4. The molecular formula is C35H35F6N5O2. The fourth-order valence-electron chi connectivity index (χ4n) is 6.63. The van der Waals surface area contributed by atoms with Crippen molar-refractivity contribution in [1.82, 2.24) is 20.1 Å². The lowest BCUT2D eigenvalue weighted by Crippen LogP contribution is -2.48. The van der Waals surface area contributed by atoms with Crippen LogP contribution >= 0.6 is 0 Å². The van der Waals surface area contributed by atoms with Gasteiger partial charge in [0.1, 0.15) is 0 Å². The van der Waals surface area contributed by atoms with E-state index in [0.717, 1.165) is 38.1 Å². The number of nitrogens with one attached hydrogen (secondary N) is 1. The number of nitrogens with two attached hydrogens (primary N) is 1. The predicted molar refractivity (Wildman–Crippen MR) is 170 cm³/mol. The van der Waals surface area contributed by atoms with Crippen LogP contribution < -0.4 is 11.1 Å². The zero-order valence-electron chi connectivity index (χ0n) is 26.0. The highest BCUT2D eigenvalue weighted by atomic mass is 19.4. The lowest BCUT2D eigenvalue weighted by Gasteiger charge is -2.40. The number of alkyl halides is 6. The van der Waals surface area contributed by atoms with Crippen molar-refractivity contribution < 1.29 is 35.9 Å². The summed E-state index contributed by atoms with van der Waals surface area (Å²) in [7, 11) is 0. The average Bonchev–Trinajstić information content (AvgIpc) is 3.07. The van der Waals surface area contributed by atoms with Gasteiger partial charge in [-0.05, 0) is 61.8 Å². The number of carbonyl (C=O) groups excluding carboxylic acids is 1. The first-order chi connectivity index (χ1) is 22.9. The van der Waals surface area contributed by atoms with Gasteiger partial charge in [-0.3, -0.25) is 14.6 Å². The number of carbonyl (C=O) groups is 1. The molecule has 0 radical (unpaired) electrons. The third-order valence-corrected chi connectivity index (χ3v) is 9.04. The summed E-state index contributed by atoms with van der Waals surface area (Å²) in [4.78, 5) is 23.4. The SMILES string of the molecule is Nc1ccc2nc(-c3cccc(C(F)(F)F)c3)c(CN3CCC(N4CCOCC4)CC3)c(C(=O)NC(c3ccccc3)C(F)(F)F)c2c1. The van der Waals surface area contributed by atoms with Crippen LogP contribution in [0.3, 0.4) is 0 Å². The first-order valence-corrected chi connectivity index (χ1v) is 15.7. The van der Waals surface area contributed by atoms with E-state index in [4.69, 9.17) is 15.5 Å². The Balaban J connectivity index is 1.46. The third-order valence-electron chi connectivity index (χ3n) is 9.04. The number of anilines is 1. The molecular weight excluding hydrogens is 636 g/mol. The molecule has 2 saturated heterocycles. The minimum atomic E-state index is -4.84. The van der Waals surface area contributed by atoms with Crippen molar-refractivity contribution in [3.8, 4) is 11.3 Å². The Bertz CT molecular complexity index is 1750. The lowest BCUT2D eigenvalue weighted by atomic mass is 9.93. The van der Waals surface area contributed by atoms with Gasteiger partial charge in [-0.25, -0.2) is 4.98 Å². The number of morpholine rings is 1. The number of nitrogen functional groups attached to an aromatic ring is 1. The average molecular weight is 672 g/mol. The minimum absolute atomic E-state index is 0.0733. The van der Waals surface area contributed by atoms with E-state index in [2.05, 4.69) is 15.1 Å². The first-order valence-electron chi connectivity index (χ1n) is 15.7. The molecule has 7 nitrogen and oxygen atoms in total. The number of aromatic nitrogens is 1. The van der Waals surface area contributed by atoms with Gasteiger partial charge in [-0.15, -0.1) is 0 Å². The third kappa shape index (κ3) is 7.43. The Hall–Kier alpha value is -4.20. The van der Waals surface area contributed by atoms with Crippen LogP contribution in [-0.2, 0) is 17.5 Å². The van der Waals surface area contributed by atoms with E-state index in [1.807, 2.05) is 0 Å². The number of fused-ring (bicyclic) bond motifs is 1. The molecule has 3 aromatic carbocycles. The van der Waals surface area contributed by atoms with Crippen LogP contribution in [-0.4, -0.2) is 72.3 Å². The van der Waals surface area contributed by atoms with Gasteiger partial charge in [0, 0.05) is 47.9 Å². The molecule has 254 valence electrons. The van der Waals surface area contributed by atoms with Gasteiger partial charge in [-0.2, -0.15) is 26.3 Å². The fraction of sp³-hybridized carbons (Fsp3) is 0.371. The second-order valence-electron chi connectivity index (χ2n) is 12.2. The molecule has 0 bridgehead atoms. The standard InChI is InChI=1S/C35H35F6N5O2/c36-34(37,38)24-8-4-7-23(19-24)31-28(21-45-13-11-26(12-14-45)46-15-17-48-18-16-46)30(27-20-25(42)9-10-29(27)43-31)33(47)44-32(35(39,40)41)22-5-2-1-3-6-22/h1-10,19-20,26,32H,11-18,21,42H2,(H,44,47). The summed E-state index contributed by atoms with van der Waals surface area (Å²) in [6.07, 6.45) is -7.89. The first kappa shape index (κ1) is 33.7. The van der Waals surface area contributed by atoms with Crippen molar-refractivity contribution >= 4 is 22.5 Å². The molecule has 4 aromatic rings. The molecule has 2 aliphatic rings. The van der Waals surface area contributed by atoms with Crippen molar-refractivity contribution in [3.05, 3.63) is 95.1 Å². The number of rotatable bonds is 7. The number of likely N-dealkylation sites (tertiary alicyclic amines) is 1. The minimum Gasteiger partial charge on any atom is -0.399 e. The number of hydrogen-bond acceptors (Lipinski definition) is 6. The van der Waals surface area contributed by atoms with E-state index in [9.17, 15) is 31.1 Å². The second-order valence-corrected chi connectivity index (χ2v) is 12.2. The fourth-order valence-corrected chi connectivity index (χ4v) is 6.63. The zero-order chi connectivity index (χ0) is 34.1. The molecule has 0 aliphatic carbocycles. The van der Waals surface area contributed by atoms with Crippen LogP contribution in [0.4, 0.5) is 32.0 Å². The maximum Gasteiger partial charge on any atom is 0.416 e. The zero-order valence-corrected chi connectivity index (χ0v) is 26.0. The van der Waals surface area contributed by atoms with Crippen LogP contribution in [0.25, 0.3) is 22.2 Å². The largest absolute Gasteiger partial charge is 0.416 e. The molecule has 1 amide bonds. The van der Waals surface area contributed by atoms with Gasteiger partial charge in [0.05, 0.1) is 35.6 Å². The predicted octanol–water partition coefficient (Wildman–Crippen LogP) is 6.83. The molecule has 2 fully saturated rings. The van der Waals surface area contributed by atoms with Crippen molar-refractivity contribution in [2.75, 3.05) is 45.1 Å². The van der Waals surface area contributed by atoms with E-state index in [-0.39, 0.29) is 51.1 Å². The highest BCUT2D eigenvalue weighted by molar-refractivity contribution is 6.09. The number of pyridine rings is 1. The number of nitrogens with zero attached hydrogens (tertiary/aromatic N) is 3. The van der Waals surface area contributed by atoms with Gasteiger partial charge in [0.2, 0.25) is 0 Å². The summed E-state index contributed by atoms with van der Waals surface area (Å²) in [6, 6.07) is 14.1. The van der Waals surface area contributed by atoms with Crippen LogP contribution in [0.2, 0.25) is 0 Å². The molecule has 48 heavy (non-hydrogen) atoms. The second kappa shape index (κ2) is 13.7. The normalized spacial score (nSPS) is 17.8. The van der Waals surface area contributed by atoms with Crippen LogP contribution in [0.15, 0.2) is 72.8 Å². The van der Waals surface area contributed by atoms with E-state index >= 15 is 0 Å². The molecule has 1 unspecified atom stereocenters. The van der Waals surface area contributed by atoms with Crippen LogP contribution in [0, 0.1) is 0 Å². The quantitative estimate of drug-likeness (QED) is 0.166. The smallest absolute Gasteiger partial charge is 0.399 e. The molecule has 1 atom stereocenters. The van der Waals surface area contributed by atoms with Gasteiger partial charge in [-0.1, -0.05) is 42.5 Å². The summed E-state index contributed by atoms with van der Waals surface area (Å²) >= 11 is 0. The van der Waals surface area contributed by atoms with E-state index < -0.39 is 29.9 Å². The molecule has 0 saturated carbocycles. The van der Waals surface area contributed by atoms with Gasteiger partial charge >= 0.3 is 12.4 Å². The van der Waals surface area contributed by atoms with Crippen molar-refractivity contribution in [2.45, 2.75) is 43.8 Å². The highest BCUT2D eigenvalue weighted by Gasteiger charge is 2.42. The molecule has 2 aliphatic heterocycles. The molecule has 6 rings (SSSR count). The summed E-state index contributed by atoms with van der Waals surface area (Å²) in [5.41, 5.74) is 5.77. The van der Waals surface area contributed by atoms with E-state index in [1.165, 1.54) is 54.6 Å². The van der Waals surface area contributed by atoms with Gasteiger partial charge < -0.3 is 15.8 Å². The number of piperidine rings is 1. The Labute approximate surface area is 273 Å². The van der Waals surface area contributed by atoms with Crippen LogP contribution in [0.1, 0.15) is 45.9 Å². The number of ether oxygens (including phenoxy) is 1. The number of benzene rings is 3. The Kier molecular flexibility index (Phi) is 9.64. The maximum atomic E-state index is 14.5. The molecule has 1 aromatic heterocycles. The lowest BCUT2D eigenvalue weighted by molar-refractivity contribution is -0.155. The maximum absolute atomic E-state index is 14.5. The summed E-state index contributed by atoms with van der Waals surface area (Å²) in [5, 5.41) is 2.40. The van der Waals surface area contributed by atoms with Crippen LogP contribution in [0.5, 0.6) is 0 Å². The van der Waals surface area contributed by atoms with Crippen molar-refractivity contribution in [3.63, 3.8) is 0 Å². The van der Waals surface area contributed by atoms with Gasteiger partial charge in [0.15, 0.2) is 6.04 Å². The van der Waals surface area contributed by atoms with E-state index in [0.29, 0.717) is 32.3 Å². The summed E-state index contributed by atoms with van der Waals surface area (Å²) in [5.74, 6) is -1.04. The number of amides is 1. The number of halogens is 6. The Morgan fingerprint density at radius 2 is 1.62 bits per heavy atom. The van der Waals surface area contributed by atoms with Gasteiger partial charge in [0.25, 0.3) is 5.91 Å². The monoisotopic (exact) mass is 671 g/mol. The molecule has 13 heteroatoms. The molecule has 3 heterocycles. The Morgan fingerprint density at radius 1 is 0.917 bits per heavy atom. The molecule has 0 spiro atoms. The molecule has 3 N–H and O–H groups in total. The topological polar surface area (TPSA) is 83.7 Å². The Morgan fingerprint density at radius 3 is 2.29 bits per heavy atom. The highest BCUT2D eigenvalue weighted by Crippen LogP contribution is 2.38. The number of hydrogen-bond donors (Lipinski definition) is 2. The van der Waals surface area contributed by atoms with Crippen molar-refractivity contribution in [1.29, 1.82) is 0 Å².